The highest BCUT2D eigenvalue weighted by Crippen LogP contribution is 2.20. The van der Waals surface area contributed by atoms with Gasteiger partial charge in [0.1, 0.15) is 11.8 Å². The molecular weight excluding hydrogens is 270 g/mol. The molecule has 5 heteroatoms. The molecule has 112 valence electrons. The van der Waals surface area contributed by atoms with Crippen molar-refractivity contribution in [3.05, 3.63) is 36.1 Å². The lowest BCUT2D eigenvalue weighted by Crippen LogP contribution is -2.25. The molecule has 2 N–H and O–H groups in total. The van der Waals surface area contributed by atoms with Crippen LogP contribution in [0, 0.1) is 5.92 Å². The summed E-state index contributed by atoms with van der Waals surface area (Å²) in [5.74, 6) is -0.677. The van der Waals surface area contributed by atoms with E-state index in [0.29, 0.717) is 24.1 Å². The number of carboxylic acids is 1. The van der Waals surface area contributed by atoms with E-state index in [4.69, 9.17) is 9.52 Å². The van der Waals surface area contributed by atoms with E-state index < -0.39 is 5.97 Å². The van der Waals surface area contributed by atoms with E-state index >= 15 is 0 Å². The topological polar surface area (TPSA) is 79.5 Å². The van der Waals surface area contributed by atoms with E-state index in [1.165, 1.54) is 6.26 Å². The number of carbonyl (C=O) groups excluding carboxylic acids is 1. The number of nitrogens with one attached hydrogen (secondary N) is 1. The lowest BCUT2D eigenvalue weighted by Gasteiger charge is -2.10. The SMILES string of the molecule is CC(CCNC(=O)c1coc2ccccc12)CCC(=O)O. The summed E-state index contributed by atoms with van der Waals surface area (Å²) < 4.78 is 5.34. The lowest BCUT2D eigenvalue weighted by molar-refractivity contribution is -0.137. The normalized spacial score (nSPS) is 12.2. The van der Waals surface area contributed by atoms with E-state index in [1.54, 1.807) is 0 Å². The van der Waals surface area contributed by atoms with Crippen molar-refractivity contribution in [1.29, 1.82) is 0 Å². The number of aliphatic carboxylic acids is 1. The summed E-state index contributed by atoms with van der Waals surface area (Å²) in [6, 6.07) is 7.39. The molecule has 1 aromatic carbocycles. The molecule has 0 spiro atoms. The quantitative estimate of drug-likeness (QED) is 0.821. The highest BCUT2D eigenvalue weighted by atomic mass is 16.4. The van der Waals surface area contributed by atoms with Crippen LogP contribution >= 0.6 is 0 Å². The van der Waals surface area contributed by atoms with Gasteiger partial charge in [0.2, 0.25) is 0 Å². The molecule has 2 aromatic rings. The first-order valence-corrected chi connectivity index (χ1v) is 7.04. The molecule has 1 aromatic heterocycles. The van der Waals surface area contributed by atoms with Crippen LogP contribution in [0.25, 0.3) is 11.0 Å². The van der Waals surface area contributed by atoms with Gasteiger partial charge in [-0.15, -0.1) is 0 Å². The van der Waals surface area contributed by atoms with E-state index in [0.717, 1.165) is 11.8 Å². The Bertz CT molecular complexity index is 632. The Labute approximate surface area is 122 Å². The Hall–Kier alpha value is -2.30. The fraction of sp³-hybridized carbons (Fsp3) is 0.375. The van der Waals surface area contributed by atoms with Crippen LogP contribution in [0.2, 0.25) is 0 Å². The number of fused-ring (bicyclic) bond motifs is 1. The summed E-state index contributed by atoms with van der Waals surface area (Å²) in [6.07, 6.45) is 3.02. The van der Waals surface area contributed by atoms with Crippen molar-refractivity contribution in [2.45, 2.75) is 26.2 Å². The van der Waals surface area contributed by atoms with E-state index in [2.05, 4.69) is 5.32 Å². The summed E-state index contributed by atoms with van der Waals surface area (Å²) in [7, 11) is 0. The average molecular weight is 289 g/mol. The van der Waals surface area contributed by atoms with Crippen LogP contribution < -0.4 is 5.32 Å². The van der Waals surface area contributed by atoms with Crippen LogP contribution in [0.1, 0.15) is 36.5 Å². The summed E-state index contributed by atoms with van der Waals surface area (Å²) in [5, 5.41) is 12.3. The number of carboxylic acid groups (broad SMARTS) is 1. The zero-order valence-corrected chi connectivity index (χ0v) is 12.0. The third-order valence-electron chi connectivity index (χ3n) is 3.50. The molecule has 0 radical (unpaired) electrons. The maximum Gasteiger partial charge on any atom is 0.303 e. The minimum Gasteiger partial charge on any atom is -0.481 e. The molecule has 0 aliphatic carbocycles. The van der Waals surface area contributed by atoms with E-state index in [1.807, 2.05) is 31.2 Å². The van der Waals surface area contributed by atoms with Gasteiger partial charge in [-0.05, 0) is 24.8 Å². The molecule has 21 heavy (non-hydrogen) atoms. The number of rotatable bonds is 7. The summed E-state index contributed by atoms with van der Waals surface area (Å²) >= 11 is 0. The second-order valence-corrected chi connectivity index (χ2v) is 5.23. The predicted molar refractivity (Wildman–Crippen MR) is 79.2 cm³/mol. The minimum absolute atomic E-state index is 0.162. The second kappa shape index (κ2) is 6.92. The highest BCUT2D eigenvalue weighted by molar-refractivity contribution is 6.05. The summed E-state index contributed by atoms with van der Waals surface area (Å²) in [5.41, 5.74) is 1.22. The van der Waals surface area contributed by atoms with Gasteiger partial charge in [0.05, 0.1) is 5.56 Å². The van der Waals surface area contributed by atoms with Crippen LogP contribution in [0.15, 0.2) is 34.9 Å². The average Bonchev–Trinajstić information content (AvgIpc) is 2.89. The highest BCUT2D eigenvalue weighted by Gasteiger charge is 2.13. The standard InChI is InChI=1S/C16H19NO4/c1-11(6-7-15(18)19)8-9-17-16(20)13-10-21-14-5-3-2-4-12(13)14/h2-5,10-11H,6-9H2,1H3,(H,17,20)(H,18,19). The maximum atomic E-state index is 12.1. The van der Waals surface area contributed by atoms with Crippen LogP contribution in [-0.4, -0.2) is 23.5 Å². The first-order chi connectivity index (χ1) is 10.1. The molecule has 0 bridgehead atoms. The van der Waals surface area contributed by atoms with Crippen molar-refractivity contribution in [1.82, 2.24) is 5.32 Å². The van der Waals surface area contributed by atoms with Gasteiger partial charge in [0.25, 0.3) is 5.91 Å². The Morgan fingerprint density at radius 3 is 2.81 bits per heavy atom. The van der Waals surface area contributed by atoms with Gasteiger partial charge in [-0.25, -0.2) is 0 Å². The van der Waals surface area contributed by atoms with Crippen molar-refractivity contribution in [3.63, 3.8) is 0 Å². The van der Waals surface area contributed by atoms with Crippen LogP contribution in [-0.2, 0) is 4.79 Å². The fourth-order valence-corrected chi connectivity index (χ4v) is 2.20. The second-order valence-electron chi connectivity index (χ2n) is 5.23. The maximum absolute atomic E-state index is 12.1. The van der Waals surface area contributed by atoms with Gasteiger partial charge in [-0.3, -0.25) is 9.59 Å². The number of carbonyl (C=O) groups is 2. The van der Waals surface area contributed by atoms with Gasteiger partial charge in [-0.2, -0.15) is 0 Å². The van der Waals surface area contributed by atoms with Crippen LogP contribution in [0.3, 0.4) is 0 Å². The summed E-state index contributed by atoms with van der Waals surface area (Å²) in [6.45, 7) is 2.52. The zero-order valence-electron chi connectivity index (χ0n) is 12.0. The summed E-state index contributed by atoms with van der Waals surface area (Å²) in [4.78, 5) is 22.6. The van der Waals surface area contributed by atoms with Crippen molar-refractivity contribution in [2.24, 2.45) is 5.92 Å². The Morgan fingerprint density at radius 2 is 2.05 bits per heavy atom. The van der Waals surface area contributed by atoms with Crippen molar-refractivity contribution >= 4 is 22.8 Å². The van der Waals surface area contributed by atoms with Crippen molar-refractivity contribution in [2.75, 3.05) is 6.54 Å². The fourth-order valence-electron chi connectivity index (χ4n) is 2.20. The third-order valence-corrected chi connectivity index (χ3v) is 3.50. The number of amides is 1. The first-order valence-electron chi connectivity index (χ1n) is 7.04. The molecule has 1 atom stereocenters. The molecular formula is C16H19NO4. The Kier molecular flexibility index (Phi) is 4.98. The molecule has 0 fully saturated rings. The molecule has 1 unspecified atom stereocenters. The molecule has 0 aliphatic rings. The van der Waals surface area contributed by atoms with Crippen LogP contribution in [0.4, 0.5) is 0 Å². The number of hydrogen-bond donors (Lipinski definition) is 2. The molecule has 0 aliphatic heterocycles. The Balaban J connectivity index is 1.83. The van der Waals surface area contributed by atoms with Crippen LogP contribution in [0.5, 0.6) is 0 Å². The largest absolute Gasteiger partial charge is 0.481 e. The Morgan fingerprint density at radius 1 is 1.29 bits per heavy atom. The number of furan rings is 1. The molecule has 1 heterocycles. The van der Waals surface area contributed by atoms with Gasteiger partial charge in [0.15, 0.2) is 0 Å². The lowest BCUT2D eigenvalue weighted by atomic mass is 10.0. The number of hydrogen-bond acceptors (Lipinski definition) is 3. The van der Waals surface area contributed by atoms with Gasteiger partial charge < -0.3 is 14.8 Å². The van der Waals surface area contributed by atoms with E-state index in [-0.39, 0.29) is 18.2 Å². The molecule has 0 saturated carbocycles. The first kappa shape index (κ1) is 15.1. The van der Waals surface area contributed by atoms with E-state index in [9.17, 15) is 9.59 Å². The zero-order chi connectivity index (χ0) is 15.2. The predicted octanol–water partition coefficient (Wildman–Crippen LogP) is 3.05. The molecule has 1 amide bonds. The van der Waals surface area contributed by atoms with Crippen molar-refractivity contribution < 1.29 is 19.1 Å². The van der Waals surface area contributed by atoms with Gasteiger partial charge in [-0.1, -0.05) is 25.1 Å². The molecule has 2 rings (SSSR count). The minimum atomic E-state index is -0.782. The molecule has 5 nitrogen and oxygen atoms in total. The monoisotopic (exact) mass is 289 g/mol. The smallest absolute Gasteiger partial charge is 0.303 e. The number of benzene rings is 1. The van der Waals surface area contributed by atoms with Gasteiger partial charge in [0, 0.05) is 18.4 Å². The molecule has 0 saturated heterocycles. The number of para-hydroxylation sites is 1. The van der Waals surface area contributed by atoms with Gasteiger partial charge >= 0.3 is 5.97 Å². The van der Waals surface area contributed by atoms with Crippen molar-refractivity contribution in [3.8, 4) is 0 Å². The third kappa shape index (κ3) is 4.08.